The lowest BCUT2D eigenvalue weighted by molar-refractivity contribution is -0.120. The van der Waals surface area contributed by atoms with Crippen LogP contribution in [0.2, 0.25) is 5.02 Å². The second-order valence-electron chi connectivity index (χ2n) is 4.38. The molecule has 0 aromatic heterocycles. The van der Waals surface area contributed by atoms with Crippen molar-refractivity contribution in [1.29, 1.82) is 5.26 Å². The van der Waals surface area contributed by atoms with Crippen LogP contribution in [0.1, 0.15) is 11.1 Å². The third-order valence-electron chi connectivity index (χ3n) is 2.74. The highest BCUT2D eigenvalue weighted by molar-refractivity contribution is 6.31. The molecule has 1 N–H and O–H groups in total. The minimum Gasteiger partial charge on any atom is -0.386 e. The first-order valence-electron chi connectivity index (χ1n) is 6.49. The van der Waals surface area contributed by atoms with Gasteiger partial charge in [0.05, 0.1) is 17.5 Å². The Morgan fingerprint density at radius 2 is 2.17 bits per heavy atom. The number of nitriles is 1. The summed E-state index contributed by atoms with van der Waals surface area (Å²) in [6, 6.07) is 12.5. The largest absolute Gasteiger partial charge is 0.386 e. The van der Waals surface area contributed by atoms with Crippen LogP contribution in [0.25, 0.3) is 0 Å². The molecule has 0 atom stereocenters. The fourth-order valence-corrected chi connectivity index (χ4v) is 1.85. The van der Waals surface area contributed by atoms with Crippen LogP contribution in [0.15, 0.2) is 47.6 Å². The molecule has 0 fully saturated rings. The summed E-state index contributed by atoms with van der Waals surface area (Å²) < 4.78 is 13.3. The topological polar surface area (TPSA) is 74.5 Å². The van der Waals surface area contributed by atoms with Gasteiger partial charge in [-0.25, -0.2) is 4.39 Å². The Bertz CT molecular complexity index is 787. The number of nitrogens with zero attached hydrogens (tertiary/aromatic N) is 2. The summed E-state index contributed by atoms with van der Waals surface area (Å²) in [7, 11) is 0. The zero-order chi connectivity index (χ0) is 16.7. The zero-order valence-corrected chi connectivity index (χ0v) is 12.5. The van der Waals surface area contributed by atoms with E-state index in [-0.39, 0.29) is 23.4 Å². The molecule has 1 amide bonds. The smallest absolute Gasteiger partial charge is 0.265 e. The van der Waals surface area contributed by atoms with E-state index in [1.807, 2.05) is 6.07 Å². The van der Waals surface area contributed by atoms with Gasteiger partial charge >= 0.3 is 0 Å². The van der Waals surface area contributed by atoms with Gasteiger partial charge in [0.1, 0.15) is 11.9 Å². The summed E-state index contributed by atoms with van der Waals surface area (Å²) in [5.74, 6) is -0.962. The van der Waals surface area contributed by atoms with Crippen molar-refractivity contribution in [3.05, 3.63) is 64.4 Å². The number of nitrogens with one attached hydrogen (secondary N) is 1. The SMILES string of the molecule is N#Cc1ccc(Cl)cc1NC(=O)CO/N=C\c1ccccc1F. The van der Waals surface area contributed by atoms with E-state index >= 15 is 0 Å². The molecule has 2 rings (SSSR count). The number of benzene rings is 2. The van der Waals surface area contributed by atoms with E-state index < -0.39 is 11.7 Å². The van der Waals surface area contributed by atoms with Crippen LogP contribution in [-0.4, -0.2) is 18.7 Å². The van der Waals surface area contributed by atoms with Gasteiger partial charge in [0.15, 0.2) is 6.61 Å². The maximum Gasteiger partial charge on any atom is 0.265 e. The van der Waals surface area contributed by atoms with Gasteiger partial charge in [0.2, 0.25) is 0 Å². The van der Waals surface area contributed by atoms with E-state index in [4.69, 9.17) is 21.7 Å². The second kappa shape index (κ2) is 7.92. The highest BCUT2D eigenvalue weighted by atomic mass is 35.5. The van der Waals surface area contributed by atoms with E-state index in [2.05, 4.69) is 10.5 Å². The van der Waals surface area contributed by atoms with Crippen molar-refractivity contribution in [2.45, 2.75) is 0 Å². The van der Waals surface area contributed by atoms with Crippen LogP contribution < -0.4 is 5.32 Å². The number of anilines is 1. The third kappa shape index (κ3) is 4.80. The van der Waals surface area contributed by atoms with Crippen molar-refractivity contribution >= 4 is 29.4 Å². The molecule has 0 aliphatic heterocycles. The lowest BCUT2D eigenvalue weighted by Gasteiger charge is -2.06. The van der Waals surface area contributed by atoms with Crippen molar-refractivity contribution < 1.29 is 14.0 Å². The van der Waals surface area contributed by atoms with Crippen LogP contribution >= 0.6 is 11.6 Å². The maximum absolute atomic E-state index is 13.3. The first-order chi connectivity index (χ1) is 11.1. The Morgan fingerprint density at radius 1 is 1.39 bits per heavy atom. The highest BCUT2D eigenvalue weighted by Gasteiger charge is 2.08. The van der Waals surface area contributed by atoms with E-state index in [1.54, 1.807) is 18.2 Å². The predicted octanol–water partition coefficient (Wildman–Crippen LogP) is 3.34. The lowest BCUT2D eigenvalue weighted by atomic mass is 10.2. The van der Waals surface area contributed by atoms with Crippen LogP contribution in [-0.2, 0) is 9.63 Å². The Kier molecular flexibility index (Phi) is 5.67. The molecule has 116 valence electrons. The van der Waals surface area contributed by atoms with E-state index in [1.165, 1.54) is 30.5 Å². The molecule has 23 heavy (non-hydrogen) atoms. The summed E-state index contributed by atoms with van der Waals surface area (Å²) in [5.41, 5.74) is 0.804. The average Bonchev–Trinajstić information content (AvgIpc) is 2.53. The number of hydrogen-bond acceptors (Lipinski definition) is 4. The van der Waals surface area contributed by atoms with E-state index in [0.717, 1.165) is 0 Å². The highest BCUT2D eigenvalue weighted by Crippen LogP contribution is 2.20. The monoisotopic (exact) mass is 331 g/mol. The van der Waals surface area contributed by atoms with Gasteiger partial charge in [-0.1, -0.05) is 35.0 Å². The average molecular weight is 332 g/mol. The van der Waals surface area contributed by atoms with Crippen LogP contribution in [0, 0.1) is 17.1 Å². The lowest BCUT2D eigenvalue weighted by Crippen LogP contribution is -2.17. The van der Waals surface area contributed by atoms with Crippen LogP contribution in [0.5, 0.6) is 0 Å². The van der Waals surface area contributed by atoms with Crippen molar-refractivity contribution in [3.63, 3.8) is 0 Å². The molecule has 2 aromatic rings. The fraction of sp³-hybridized carbons (Fsp3) is 0.0625. The van der Waals surface area contributed by atoms with E-state index in [9.17, 15) is 9.18 Å². The predicted molar refractivity (Wildman–Crippen MR) is 84.7 cm³/mol. The molecule has 0 radical (unpaired) electrons. The third-order valence-corrected chi connectivity index (χ3v) is 2.98. The van der Waals surface area contributed by atoms with Crippen LogP contribution in [0.3, 0.4) is 0 Å². The van der Waals surface area contributed by atoms with Gasteiger partial charge in [0.25, 0.3) is 5.91 Å². The molecule has 0 saturated heterocycles. The molecule has 7 heteroatoms. The van der Waals surface area contributed by atoms with Crippen molar-refractivity contribution in [2.24, 2.45) is 5.16 Å². The maximum atomic E-state index is 13.3. The van der Waals surface area contributed by atoms with Gasteiger partial charge in [-0.2, -0.15) is 5.26 Å². The van der Waals surface area contributed by atoms with Crippen molar-refractivity contribution in [1.82, 2.24) is 0 Å². The molecule has 0 saturated carbocycles. The first-order valence-corrected chi connectivity index (χ1v) is 6.87. The second-order valence-corrected chi connectivity index (χ2v) is 4.82. The molecular formula is C16H11ClFN3O2. The molecular weight excluding hydrogens is 321 g/mol. The molecule has 5 nitrogen and oxygen atoms in total. The minimum atomic E-state index is -0.519. The summed E-state index contributed by atoms with van der Waals surface area (Å²) in [6.07, 6.45) is 1.17. The standard InChI is InChI=1S/C16H11ClFN3O2/c17-13-6-5-11(8-19)15(7-13)21-16(22)10-23-20-9-12-3-1-2-4-14(12)18/h1-7,9H,10H2,(H,21,22)/b20-9-. The summed E-state index contributed by atoms with van der Waals surface area (Å²) in [5, 5.41) is 15.4. The molecule has 0 aliphatic carbocycles. The zero-order valence-electron chi connectivity index (χ0n) is 11.8. The summed E-state index contributed by atoms with van der Waals surface area (Å²) >= 11 is 5.82. The number of carbonyl (C=O) groups is 1. The minimum absolute atomic E-state index is 0.245. The Balaban J connectivity index is 1.90. The fourth-order valence-electron chi connectivity index (χ4n) is 1.67. The number of rotatable bonds is 5. The van der Waals surface area contributed by atoms with Gasteiger partial charge in [0, 0.05) is 10.6 Å². The molecule has 0 bridgehead atoms. The Labute approximate surface area is 136 Å². The normalized spacial score (nSPS) is 10.3. The van der Waals surface area contributed by atoms with Crippen molar-refractivity contribution in [3.8, 4) is 6.07 Å². The quantitative estimate of drug-likeness (QED) is 0.674. The molecule has 0 spiro atoms. The number of hydrogen-bond donors (Lipinski definition) is 1. The van der Waals surface area contributed by atoms with Gasteiger partial charge in [-0.3, -0.25) is 4.79 Å². The van der Waals surface area contributed by atoms with Crippen LogP contribution in [0.4, 0.5) is 10.1 Å². The van der Waals surface area contributed by atoms with Crippen molar-refractivity contribution in [2.75, 3.05) is 11.9 Å². The Hall–Kier alpha value is -2.91. The van der Waals surface area contributed by atoms with Gasteiger partial charge in [-0.05, 0) is 24.3 Å². The molecule has 0 aliphatic rings. The number of amides is 1. The summed E-state index contributed by atoms with van der Waals surface area (Å²) in [6.45, 7) is -0.387. The van der Waals surface area contributed by atoms with E-state index in [0.29, 0.717) is 5.02 Å². The number of halogens is 2. The Morgan fingerprint density at radius 3 is 2.91 bits per heavy atom. The van der Waals surface area contributed by atoms with Gasteiger partial charge < -0.3 is 10.2 Å². The molecule has 2 aromatic carbocycles. The first kappa shape index (κ1) is 16.5. The number of oxime groups is 1. The number of carbonyl (C=O) groups excluding carboxylic acids is 1. The van der Waals surface area contributed by atoms with Gasteiger partial charge in [-0.15, -0.1) is 0 Å². The molecule has 0 unspecified atom stereocenters. The molecule has 0 heterocycles. The summed E-state index contributed by atoms with van der Waals surface area (Å²) in [4.78, 5) is 16.5.